The minimum absolute atomic E-state index is 0.0694. The highest BCUT2D eigenvalue weighted by Gasteiger charge is 2.20. The van der Waals surface area contributed by atoms with E-state index in [0.29, 0.717) is 17.0 Å². The van der Waals surface area contributed by atoms with Crippen molar-refractivity contribution in [2.24, 2.45) is 0 Å². The van der Waals surface area contributed by atoms with E-state index in [-0.39, 0.29) is 5.56 Å². The van der Waals surface area contributed by atoms with Crippen molar-refractivity contribution < 1.29 is 0 Å². The molecule has 16 heavy (non-hydrogen) atoms. The minimum atomic E-state index is -0.0694. The summed E-state index contributed by atoms with van der Waals surface area (Å²) in [4.78, 5) is 23.3. The van der Waals surface area contributed by atoms with E-state index in [9.17, 15) is 4.79 Å². The molecule has 1 fully saturated rings. The molecule has 2 aromatic heterocycles. The first-order chi connectivity index (χ1) is 7.84. The number of fused-ring (bicyclic) bond motifs is 1. The molecule has 1 aliphatic rings. The molecule has 1 saturated carbocycles. The lowest BCUT2D eigenvalue weighted by Crippen LogP contribution is -2.14. The number of pyridine rings is 1. The fourth-order valence-corrected chi connectivity index (χ4v) is 2.38. The van der Waals surface area contributed by atoms with Crippen molar-refractivity contribution in [2.45, 2.75) is 31.6 Å². The Labute approximate surface area is 92.8 Å². The lowest BCUT2D eigenvalue weighted by Gasteiger charge is -2.07. The van der Waals surface area contributed by atoms with Crippen LogP contribution in [-0.2, 0) is 0 Å². The fraction of sp³-hybridized carbons (Fsp3) is 0.417. The lowest BCUT2D eigenvalue weighted by atomic mass is 10.1. The Morgan fingerprint density at radius 1 is 1.31 bits per heavy atom. The van der Waals surface area contributed by atoms with Crippen LogP contribution in [0.15, 0.2) is 23.1 Å². The Hall–Kier alpha value is -1.71. The summed E-state index contributed by atoms with van der Waals surface area (Å²) in [5.74, 6) is 1.23. The molecular weight excluding hydrogens is 202 g/mol. The minimum Gasteiger partial charge on any atom is -0.310 e. The molecule has 2 aromatic rings. The molecule has 4 heteroatoms. The van der Waals surface area contributed by atoms with Gasteiger partial charge in [0.1, 0.15) is 5.82 Å². The van der Waals surface area contributed by atoms with E-state index in [1.807, 2.05) is 0 Å². The first-order valence-corrected chi connectivity index (χ1v) is 5.69. The number of aromatic amines is 1. The molecule has 82 valence electrons. The quantitative estimate of drug-likeness (QED) is 0.791. The Morgan fingerprint density at radius 3 is 2.94 bits per heavy atom. The third-order valence-corrected chi connectivity index (χ3v) is 3.24. The third kappa shape index (κ3) is 1.50. The molecule has 0 unspecified atom stereocenters. The van der Waals surface area contributed by atoms with Crippen molar-refractivity contribution in [3.8, 4) is 0 Å². The fourth-order valence-electron chi connectivity index (χ4n) is 2.38. The van der Waals surface area contributed by atoms with Crippen molar-refractivity contribution in [2.75, 3.05) is 0 Å². The second kappa shape index (κ2) is 3.70. The molecule has 0 radical (unpaired) electrons. The molecule has 0 spiro atoms. The van der Waals surface area contributed by atoms with Gasteiger partial charge >= 0.3 is 0 Å². The van der Waals surface area contributed by atoms with Gasteiger partial charge in [-0.1, -0.05) is 12.8 Å². The highest BCUT2D eigenvalue weighted by molar-refractivity contribution is 5.72. The van der Waals surface area contributed by atoms with Gasteiger partial charge in [-0.15, -0.1) is 0 Å². The molecule has 1 aliphatic carbocycles. The smallest absolute Gasteiger partial charge is 0.260 e. The van der Waals surface area contributed by atoms with Crippen molar-refractivity contribution in [3.05, 3.63) is 34.5 Å². The summed E-state index contributed by atoms with van der Waals surface area (Å²) in [5, 5.41) is 0.573. The lowest BCUT2D eigenvalue weighted by molar-refractivity contribution is 0.668. The first-order valence-electron chi connectivity index (χ1n) is 5.69. The second-order valence-electron chi connectivity index (χ2n) is 4.31. The predicted octanol–water partition coefficient (Wildman–Crippen LogP) is 1.98. The van der Waals surface area contributed by atoms with Gasteiger partial charge in [-0.2, -0.15) is 0 Å². The largest absolute Gasteiger partial charge is 0.310 e. The van der Waals surface area contributed by atoms with Crippen LogP contribution in [0.4, 0.5) is 0 Å². The zero-order valence-electron chi connectivity index (χ0n) is 8.94. The van der Waals surface area contributed by atoms with Crippen LogP contribution in [0.2, 0.25) is 0 Å². The zero-order valence-corrected chi connectivity index (χ0v) is 8.94. The van der Waals surface area contributed by atoms with Crippen molar-refractivity contribution in [1.82, 2.24) is 15.0 Å². The zero-order chi connectivity index (χ0) is 11.0. The van der Waals surface area contributed by atoms with Crippen LogP contribution >= 0.6 is 0 Å². The second-order valence-corrected chi connectivity index (χ2v) is 4.31. The maximum Gasteiger partial charge on any atom is 0.260 e. The highest BCUT2D eigenvalue weighted by atomic mass is 16.1. The Kier molecular flexibility index (Phi) is 2.20. The molecular formula is C12H13N3O. The number of aromatic nitrogens is 3. The van der Waals surface area contributed by atoms with Gasteiger partial charge in [0.05, 0.1) is 5.39 Å². The van der Waals surface area contributed by atoms with Gasteiger partial charge in [0, 0.05) is 12.1 Å². The van der Waals surface area contributed by atoms with Crippen LogP contribution in [0.3, 0.4) is 0 Å². The average molecular weight is 215 g/mol. The molecule has 0 aliphatic heterocycles. The van der Waals surface area contributed by atoms with Crippen molar-refractivity contribution in [3.63, 3.8) is 0 Å². The van der Waals surface area contributed by atoms with E-state index in [4.69, 9.17) is 0 Å². The van der Waals surface area contributed by atoms with E-state index < -0.39 is 0 Å². The molecule has 0 bridgehead atoms. The molecule has 2 heterocycles. The maximum absolute atomic E-state index is 11.8. The molecule has 0 aromatic carbocycles. The topological polar surface area (TPSA) is 58.6 Å². The molecule has 4 nitrogen and oxygen atoms in total. The maximum atomic E-state index is 11.8. The summed E-state index contributed by atoms with van der Waals surface area (Å²) < 4.78 is 0. The number of hydrogen-bond acceptors (Lipinski definition) is 3. The molecule has 3 rings (SSSR count). The number of nitrogens with zero attached hydrogens (tertiary/aromatic N) is 2. The summed E-state index contributed by atoms with van der Waals surface area (Å²) >= 11 is 0. The summed E-state index contributed by atoms with van der Waals surface area (Å²) in [6.45, 7) is 0. The summed E-state index contributed by atoms with van der Waals surface area (Å²) in [6, 6.07) is 3.51. The molecule has 0 atom stereocenters. The van der Waals surface area contributed by atoms with Crippen LogP contribution < -0.4 is 5.56 Å². The summed E-state index contributed by atoms with van der Waals surface area (Å²) in [5.41, 5.74) is 0.494. The monoisotopic (exact) mass is 215 g/mol. The Bertz CT molecular complexity index is 570. The summed E-state index contributed by atoms with van der Waals surface area (Å²) in [7, 11) is 0. The molecule has 0 saturated heterocycles. The normalized spacial score (nSPS) is 17.0. The van der Waals surface area contributed by atoms with E-state index >= 15 is 0 Å². The summed E-state index contributed by atoms with van der Waals surface area (Å²) in [6.07, 6.45) is 6.39. The Morgan fingerprint density at radius 2 is 2.12 bits per heavy atom. The van der Waals surface area contributed by atoms with Gasteiger partial charge in [-0.25, -0.2) is 9.97 Å². The van der Waals surface area contributed by atoms with Crippen molar-refractivity contribution in [1.29, 1.82) is 0 Å². The van der Waals surface area contributed by atoms with Crippen LogP contribution in [0.5, 0.6) is 0 Å². The van der Waals surface area contributed by atoms with Crippen LogP contribution in [-0.4, -0.2) is 15.0 Å². The van der Waals surface area contributed by atoms with Gasteiger partial charge in [0.2, 0.25) is 0 Å². The first kappa shape index (κ1) is 9.51. The average Bonchev–Trinajstić information content (AvgIpc) is 2.82. The van der Waals surface area contributed by atoms with Crippen molar-refractivity contribution >= 4 is 11.0 Å². The number of hydrogen-bond donors (Lipinski definition) is 1. The SMILES string of the molecule is O=c1[nH]c(C2CCCC2)nc2ncccc12. The van der Waals surface area contributed by atoms with Crippen LogP contribution in [0.25, 0.3) is 11.0 Å². The van der Waals surface area contributed by atoms with E-state index in [0.717, 1.165) is 18.7 Å². The standard InChI is InChI=1S/C12H13N3O/c16-12-9-6-3-7-13-11(9)14-10(15-12)8-4-1-2-5-8/h3,6-8H,1-2,4-5H2,(H,13,14,15,16). The van der Waals surface area contributed by atoms with E-state index in [2.05, 4.69) is 15.0 Å². The number of nitrogens with one attached hydrogen (secondary N) is 1. The molecule has 0 amide bonds. The van der Waals surface area contributed by atoms with Gasteiger partial charge in [0.15, 0.2) is 5.65 Å². The van der Waals surface area contributed by atoms with E-state index in [1.54, 1.807) is 18.3 Å². The van der Waals surface area contributed by atoms with E-state index in [1.165, 1.54) is 12.8 Å². The van der Waals surface area contributed by atoms with Gasteiger partial charge in [-0.3, -0.25) is 4.79 Å². The predicted molar refractivity (Wildman–Crippen MR) is 61.4 cm³/mol. The Balaban J connectivity index is 2.17. The number of H-pyrrole nitrogens is 1. The highest BCUT2D eigenvalue weighted by Crippen LogP contribution is 2.31. The van der Waals surface area contributed by atoms with Crippen LogP contribution in [0, 0.1) is 0 Å². The van der Waals surface area contributed by atoms with Crippen LogP contribution in [0.1, 0.15) is 37.4 Å². The van der Waals surface area contributed by atoms with Gasteiger partial charge in [0.25, 0.3) is 5.56 Å². The third-order valence-electron chi connectivity index (χ3n) is 3.24. The van der Waals surface area contributed by atoms with Gasteiger partial charge in [-0.05, 0) is 25.0 Å². The molecule has 1 N–H and O–H groups in total. The van der Waals surface area contributed by atoms with Gasteiger partial charge < -0.3 is 4.98 Å². The number of rotatable bonds is 1.